The van der Waals surface area contributed by atoms with Gasteiger partial charge in [0.25, 0.3) is 0 Å². The third kappa shape index (κ3) is 3.11. The molecule has 110 valence electrons. The number of methoxy groups -OCH3 is 1. The SMILES string of the molecule is COc1ccc(C)cc1CN(C)C(=O)C1COCC1N. The highest BCUT2D eigenvalue weighted by Gasteiger charge is 2.33. The molecule has 1 heterocycles. The van der Waals surface area contributed by atoms with Crippen LogP contribution in [0.25, 0.3) is 0 Å². The van der Waals surface area contributed by atoms with Crippen LogP contribution in [0, 0.1) is 12.8 Å². The second-order valence-electron chi connectivity index (χ2n) is 5.32. The van der Waals surface area contributed by atoms with Crippen molar-refractivity contribution in [3.8, 4) is 5.75 Å². The van der Waals surface area contributed by atoms with Gasteiger partial charge in [-0.2, -0.15) is 0 Å². The number of nitrogens with two attached hydrogens (primary N) is 1. The summed E-state index contributed by atoms with van der Waals surface area (Å²) in [5.74, 6) is 0.580. The van der Waals surface area contributed by atoms with E-state index < -0.39 is 0 Å². The molecule has 0 radical (unpaired) electrons. The first-order valence-electron chi connectivity index (χ1n) is 6.74. The Labute approximate surface area is 119 Å². The fraction of sp³-hybridized carbons (Fsp3) is 0.533. The van der Waals surface area contributed by atoms with Crippen molar-refractivity contribution in [2.45, 2.75) is 19.5 Å². The summed E-state index contributed by atoms with van der Waals surface area (Å²) in [4.78, 5) is 14.1. The summed E-state index contributed by atoms with van der Waals surface area (Å²) < 4.78 is 10.6. The van der Waals surface area contributed by atoms with Gasteiger partial charge < -0.3 is 20.1 Å². The van der Waals surface area contributed by atoms with Gasteiger partial charge in [0.15, 0.2) is 0 Å². The lowest BCUT2D eigenvalue weighted by atomic mass is 10.0. The van der Waals surface area contributed by atoms with E-state index in [0.29, 0.717) is 19.8 Å². The van der Waals surface area contributed by atoms with Gasteiger partial charge in [0.2, 0.25) is 5.91 Å². The van der Waals surface area contributed by atoms with Gasteiger partial charge in [-0.1, -0.05) is 17.7 Å². The van der Waals surface area contributed by atoms with Crippen LogP contribution >= 0.6 is 0 Å². The number of rotatable bonds is 4. The van der Waals surface area contributed by atoms with E-state index in [1.165, 1.54) is 0 Å². The van der Waals surface area contributed by atoms with Crippen molar-refractivity contribution >= 4 is 5.91 Å². The van der Waals surface area contributed by atoms with Crippen molar-refractivity contribution in [1.29, 1.82) is 0 Å². The number of carbonyl (C=O) groups is 1. The molecular weight excluding hydrogens is 256 g/mol. The third-order valence-electron chi connectivity index (χ3n) is 3.66. The minimum absolute atomic E-state index is 0.0264. The number of hydrogen-bond acceptors (Lipinski definition) is 4. The number of aryl methyl sites for hydroxylation is 1. The fourth-order valence-corrected chi connectivity index (χ4v) is 2.47. The number of benzene rings is 1. The quantitative estimate of drug-likeness (QED) is 0.890. The zero-order chi connectivity index (χ0) is 14.7. The van der Waals surface area contributed by atoms with E-state index in [1.54, 1.807) is 19.1 Å². The van der Waals surface area contributed by atoms with Gasteiger partial charge in [0.1, 0.15) is 5.75 Å². The summed E-state index contributed by atoms with van der Waals surface area (Å²) in [6.45, 7) is 3.39. The zero-order valence-corrected chi connectivity index (χ0v) is 12.3. The van der Waals surface area contributed by atoms with Crippen LogP contribution in [-0.4, -0.2) is 44.2 Å². The molecular formula is C15H22N2O3. The normalized spacial score (nSPS) is 21.8. The summed E-state index contributed by atoms with van der Waals surface area (Å²) in [6, 6.07) is 5.75. The van der Waals surface area contributed by atoms with E-state index in [4.69, 9.17) is 15.2 Å². The van der Waals surface area contributed by atoms with Crippen LogP contribution in [0.5, 0.6) is 5.75 Å². The molecule has 0 aliphatic carbocycles. The second-order valence-corrected chi connectivity index (χ2v) is 5.32. The summed E-state index contributed by atoms with van der Waals surface area (Å²) in [6.07, 6.45) is 0. The Morgan fingerprint density at radius 1 is 1.50 bits per heavy atom. The number of amides is 1. The highest BCUT2D eigenvalue weighted by atomic mass is 16.5. The van der Waals surface area contributed by atoms with Gasteiger partial charge in [0, 0.05) is 25.2 Å². The molecule has 1 aliphatic heterocycles. The summed E-state index contributed by atoms with van der Waals surface area (Å²) >= 11 is 0. The molecule has 1 aliphatic rings. The van der Waals surface area contributed by atoms with Crippen LogP contribution in [0.15, 0.2) is 18.2 Å². The van der Waals surface area contributed by atoms with Gasteiger partial charge in [0.05, 0.1) is 26.2 Å². The van der Waals surface area contributed by atoms with Crippen molar-refractivity contribution in [2.24, 2.45) is 11.7 Å². The minimum Gasteiger partial charge on any atom is -0.496 e. The summed E-state index contributed by atoms with van der Waals surface area (Å²) in [7, 11) is 3.42. The molecule has 1 aromatic carbocycles. The van der Waals surface area contributed by atoms with Gasteiger partial charge in [-0.25, -0.2) is 0 Å². The molecule has 0 spiro atoms. The first kappa shape index (κ1) is 14.8. The van der Waals surface area contributed by atoms with E-state index in [1.807, 2.05) is 25.1 Å². The molecule has 5 heteroatoms. The molecule has 1 aromatic rings. The van der Waals surface area contributed by atoms with Gasteiger partial charge >= 0.3 is 0 Å². The number of hydrogen-bond donors (Lipinski definition) is 1. The highest BCUT2D eigenvalue weighted by Crippen LogP contribution is 2.22. The first-order valence-corrected chi connectivity index (χ1v) is 6.74. The van der Waals surface area contributed by atoms with Crippen molar-refractivity contribution in [3.05, 3.63) is 29.3 Å². The maximum atomic E-state index is 12.4. The Morgan fingerprint density at radius 2 is 2.25 bits per heavy atom. The highest BCUT2D eigenvalue weighted by molar-refractivity contribution is 5.79. The predicted octanol–water partition coefficient (Wildman–Crippen LogP) is 0.936. The van der Waals surface area contributed by atoms with Crippen LogP contribution in [-0.2, 0) is 16.1 Å². The van der Waals surface area contributed by atoms with E-state index in [0.717, 1.165) is 16.9 Å². The maximum absolute atomic E-state index is 12.4. The van der Waals surface area contributed by atoms with Crippen LogP contribution in [0.4, 0.5) is 0 Å². The second kappa shape index (κ2) is 6.24. The smallest absolute Gasteiger partial charge is 0.229 e. The minimum atomic E-state index is -0.240. The molecule has 2 atom stereocenters. The lowest BCUT2D eigenvalue weighted by Gasteiger charge is -2.23. The number of ether oxygens (including phenoxy) is 2. The van der Waals surface area contributed by atoms with Crippen molar-refractivity contribution in [2.75, 3.05) is 27.4 Å². The van der Waals surface area contributed by atoms with E-state index >= 15 is 0 Å². The molecule has 0 aromatic heterocycles. The predicted molar refractivity (Wildman–Crippen MR) is 76.5 cm³/mol. The lowest BCUT2D eigenvalue weighted by molar-refractivity contribution is -0.135. The lowest BCUT2D eigenvalue weighted by Crippen LogP contribution is -2.41. The average molecular weight is 278 g/mol. The monoisotopic (exact) mass is 278 g/mol. The Kier molecular flexibility index (Phi) is 4.62. The Bertz CT molecular complexity index is 490. The van der Waals surface area contributed by atoms with Gasteiger partial charge in [-0.3, -0.25) is 4.79 Å². The summed E-state index contributed by atoms with van der Waals surface area (Å²) in [5, 5.41) is 0. The average Bonchev–Trinajstić information content (AvgIpc) is 2.84. The molecule has 5 nitrogen and oxygen atoms in total. The molecule has 20 heavy (non-hydrogen) atoms. The van der Waals surface area contributed by atoms with Crippen LogP contribution in [0.1, 0.15) is 11.1 Å². The van der Waals surface area contributed by atoms with Crippen LogP contribution in [0.3, 0.4) is 0 Å². The number of nitrogens with zero attached hydrogens (tertiary/aromatic N) is 1. The largest absolute Gasteiger partial charge is 0.496 e. The first-order chi connectivity index (χ1) is 9.52. The molecule has 0 saturated carbocycles. The van der Waals surface area contributed by atoms with E-state index in [2.05, 4.69) is 0 Å². The molecule has 2 N–H and O–H groups in total. The Balaban J connectivity index is 2.09. The topological polar surface area (TPSA) is 64.8 Å². The fourth-order valence-electron chi connectivity index (χ4n) is 2.47. The van der Waals surface area contributed by atoms with Crippen molar-refractivity contribution < 1.29 is 14.3 Å². The van der Waals surface area contributed by atoms with Crippen LogP contribution < -0.4 is 10.5 Å². The summed E-state index contributed by atoms with van der Waals surface area (Å²) in [5.41, 5.74) is 8.03. The van der Waals surface area contributed by atoms with Gasteiger partial charge in [-0.15, -0.1) is 0 Å². The maximum Gasteiger partial charge on any atom is 0.229 e. The van der Waals surface area contributed by atoms with Crippen molar-refractivity contribution in [3.63, 3.8) is 0 Å². The molecule has 1 saturated heterocycles. The van der Waals surface area contributed by atoms with E-state index in [9.17, 15) is 4.79 Å². The molecule has 2 rings (SSSR count). The molecule has 0 bridgehead atoms. The molecule has 1 fully saturated rings. The number of carbonyl (C=O) groups excluding carboxylic acids is 1. The third-order valence-corrected chi connectivity index (χ3v) is 3.66. The van der Waals surface area contributed by atoms with E-state index in [-0.39, 0.29) is 17.9 Å². The molecule has 2 unspecified atom stereocenters. The standard InChI is InChI=1S/C15H22N2O3/c1-10-4-5-14(19-3)11(6-10)7-17(2)15(18)12-8-20-9-13(12)16/h4-6,12-13H,7-9,16H2,1-3H3. The molecule has 1 amide bonds. The zero-order valence-electron chi connectivity index (χ0n) is 12.3. The van der Waals surface area contributed by atoms with Crippen LogP contribution in [0.2, 0.25) is 0 Å². The Morgan fingerprint density at radius 3 is 2.85 bits per heavy atom. The van der Waals surface area contributed by atoms with Crippen molar-refractivity contribution in [1.82, 2.24) is 4.90 Å². The Hall–Kier alpha value is -1.59. The van der Waals surface area contributed by atoms with Gasteiger partial charge in [-0.05, 0) is 13.0 Å².